The zero-order chi connectivity index (χ0) is 26.1. The first-order valence-corrected chi connectivity index (χ1v) is 13.4. The fourth-order valence-electron chi connectivity index (χ4n) is 4.05. The number of amides is 1. The van der Waals surface area contributed by atoms with Crippen LogP contribution >= 0.6 is 23.1 Å². The zero-order valence-corrected chi connectivity index (χ0v) is 21.4. The largest absolute Gasteiger partial charge is 0.326 e. The van der Waals surface area contributed by atoms with Gasteiger partial charge in [-0.1, -0.05) is 23.9 Å². The van der Waals surface area contributed by atoms with Crippen molar-refractivity contribution in [2.75, 3.05) is 11.6 Å². The molecule has 0 aliphatic carbocycles. The predicted molar refractivity (Wildman–Crippen MR) is 144 cm³/mol. The summed E-state index contributed by atoms with van der Waals surface area (Å²) in [4.78, 5) is 34.6. The third kappa shape index (κ3) is 4.90. The topological polar surface area (TPSA) is 76.9 Å². The van der Waals surface area contributed by atoms with Crippen molar-refractivity contribution in [3.8, 4) is 16.9 Å². The standard InChI is InChI=1S/C27H20F2N4O2S2/c1-15-6-7-17(30-22(34)12-16-10-11-37-14-16)13-19(15)24-18-8-9-23(35)33(26(18)32-27(31-24)36-2)25-20(28)4-3-5-21(25)29/h3-11,13-14H,12H2,1-2H3,(H,30,34). The number of carbonyl (C=O) groups excluding carboxylic acids is 1. The molecule has 1 N–H and O–H groups in total. The summed E-state index contributed by atoms with van der Waals surface area (Å²) < 4.78 is 30.4. The van der Waals surface area contributed by atoms with E-state index in [9.17, 15) is 18.4 Å². The van der Waals surface area contributed by atoms with Gasteiger partial charge in [0.1, 0.15) is 17.3 Å². The van der Waals surface area contributed by atoms with E-state index >= 15 is 0 Å². The van der Waals surface area contributed by atoms with E-state index < -0.39 is 22.9 Å². The minimum atomic E-state index is -0.882. The molecule has 5 rings (SSSR count). The van der Waals surface area contributed by atoms with Gasteiger partial charge in [-0.05, 0) is 71.5 Å². The fourth-order valence-corrected chi connectivity index (χ4v) is 5.08. The number of thiophene rings is 1. The lowest BCUT2D eigenvalue weighted by atomic mass is 10.0. The molecule has 2 aromatic carbocycles. The summed E-state index contributed by atoms with van der Waals surface area (Å²) >= 11 is 2.77. The first-order valence-electron chi connectivity index (χ1n) is 11.2. The predicted octanol–water partition coefficient (Wildman–Crippen LogP) is 6.00. The Kier molecular flexibility index (Phi) is 6.86. The molecular weight excluding hydrogens is 514 g/mol. The molecule has 0 bridgehead atoms. The highest BCUT2D eigenvalue weighted by molar-refractivity contribution is 7.98. The van der Waals surface area contributed by atoms with Crippen LogP contribution < -0.4 is 10.9 Å². The number of pyridine rings is 1. The van der Waals surface area contributed by atoms with Crippen LogP contribution in [-0.2, 0) is 11.2 Å². The second-order valence-corrected chi connectivity index (χ2v) is 9.81. The summed E-state index contributed by atoms with van der Waals surface area (Å²) in [6, 6.07) is 13.6. The molecule has 0 spiro atoms. The third-order valence-electron chi connectivity index (χ3n) is 5.79. The van der Waals surface area contributed by atoms with E-state index in [1.54, 1.807) is 24.5 Å². The smallest absolute Gasteiger partial charge is 0.256 e. The van der Waals surface area contributed by atoms with Crippen LogP contribution in [0.2, 0.25) is 0 Å². The van der Waals surface area contributed by atoms with E-state index in [1.165, 1.54) is 35.2 Å². The minimum absolute atomic E-state index is 0.0807. The SMILES string of the molecule is CSc1nc(-c2cc(NC(=O)Cc3ccsc3)ccc2C)c2ccc(=O)n(-c3c(F)cccc3F)c2n1. The molecule has 1 amide bonds. The maximum atomic E-state index is 14.7. The van der Waals surface area contributed by atoms with E-state index in [1.807, 2.05) is 29.8 Å². The molecule has 186 valence electrons. The number of halogens is 2. The highest BCUT2D eigenvalue weighted by Gasteiger charge is 2.20. The van der Waals surface area contributed by atoms with E-state index in [0.29, 0.717) is 27.5 Å². The normalized spacial score (nSPS) is 11.1. The highest BCUT2D eigenvalue weighted by Crippen LogP contribution is 2.33. The molecule has 6 nitrogen and oxygen atoms in total. The number of anilines is 1. The summed E-state index contributed by atoms with van der Waals surface area (Å²) in [6.45, 7) is 1.89. The van der Waals surface area contributed by atoms with Gasteiger partial charge in [0.2, 0.25) is 5.91 Å². The Morgan fingerprint density at radius 3 is 2.57 bits per heavy atom. The Labute approximate surface area is 219 Å². The van der Waals surface area contributed by atoms with Crippen LogP contribution in [0.4, 0.5) is 14.5 Å². The molecule has 0 aliphatic rings. The lowest BCUT2D eigenvalue weighted by molar-refractivity contribution is -0.115. The summed E-state index contributed by atoms with van der Waals surface area (Å²) in [5, 5.41) is 7.52. The number of aryl methyl sites for hydroxylation is 1. The Balaban J connectivity index is 1.67. The number of thioether (sulfide) groups is 1. The van der Waals surface area contributed by atoms with Crippen LogP contribution in [-0.4, -0.2) is 26.7 Å². The lowest BCUT2D eigenvalue weighted by Crippen LogP contribution is -2.21. The first-order chi connectivity index (χ1) is 17.9. The number of hydrogen-bond donors (Lipinski definition) is 1. The molecule has 0 saturated carbocycles. The first kappa shape index (κ1) is 24.8. The maximum absolute atomic E-state index is 14.7. The number of benzene rings is 2. The number of para-hydroxylation sites is 1. The molecule has 37 heavy (non-hydrogen) atoms. The van der Waals surface area contributed by atoms with Crippen LogP contribution in [0.5, 0.6) is 0 Å². The van der Waals surface area contributed by atoms with Gasteiger partial charge >= 0.3 is 0 Å². The van der Waals surface area contributed by atoms with Crippen molar-refractivity contribution in [1.29, 1.82) is 0 Å². The molecule has 3 aromatic heterocycles. The number of fused-ring (bicyclic) bond motifs is 1. The average molecular weight is 535 g/mol. The van der Waals surface area contributed by atoms with Gasteiger partial charge < -0.3 is 5.32 Å². The summed E-state index contributed by atoms with van der Waals surface area (Å²) in [7, 11) is 0. The number of aromatic nitrogens is 3. The molecular formula is C27H20F2N4O2S2. The van der Waals surface area contributed by atoms with Gasteiger partial charge in [-0.2, -0.15) is 11.3 Å². The molecule has 5 aromatic rings. The van der Waals surface area contributed by atoms with E-state index in [-0.39, 0.29) is 18.0 Å². The van der Waals surface area contributed by atoms with Gasteiger partial charge in [0.25, 0.3) is 5.56 Å². The zero-order valence-electron chi connectivity index (χ0n) is 19.8. The van der Waals surface area contributed by atoms with Gasteiger partial charge in [-0.15, -0.1) is 0 Å². The Morgan fingerprint density at radius 1 is 1.08 bits per heavy atom. The van der Waals surface area contributed by atoms with Crippen molar-refractivity contribution in [3.05, 3.63) is 98.5 Å². The quantitative estimate of drug-likeness (QED) is 0.214. The lowest BCUT2D eigenvalue weighted by Gasteiger charge is -2.16. The van der Waals surface area contributed by atoms with Crippen molar-refractivity contribution >= 4 is 45.7 Å². The van der Waals surface area contributed by atoms with Crippen LogP contribution in [0.1, 0.15) is 11.1 Å². The molecule has 10 heteroatoms. The summed E-state index contributed by atoms with van der Waals surface area (Å²) in [5.74, 6) is -1.92. The monoisotopic (exact) mass is 534 g/mol. The van der Waals surface area contributed by atoms with Crippen LogP contribution in [0.25, 0.3) is 28.0 Å². The number of carbonyl (C=O) groups is 1. The number of rotatable bonds is 6. The second-order valence-electron chi connectivity index (χ2n) is 8.26. The maximum Gasteiger partial charge on any atom is 0.256 e. The van der Waals surface area contributed by atoms with Gasteiger partial charge in [0.05, 0.1) is 12.1 Å². The average Bonchev–Trinajstić information content (AvgIpc) is 3.38. The summed E-state index contributed by atoms with van der Waals surface area (Å²) in [5.41, 5.74) is 2.49. The Hall–Kier alpha value is -3.89. The van der Waals surface area contributed by atoms with Gasteiger partial charge in [0.15, 0.2) is 10.8 Å². The van der Waals surface area contributed by atoms with E-state index in [0.717, 1.165) is 27.8 Å². The molecule has 3 heterocycles. The van der Waals surface area contributed by atoms with Crippen molar-refractivity contribution in [1.82, 2.24) is 14.5 Å². The molecule has 0 atom stereocenters. The van der Waals surface area contributed by atoms with E-state index in [2.05, 4.69) is 15.3 Å². The number of nitrogens with one attached hydrogen (secondary N) is 1. The van der Waals surface area contributed by atoms with Crippen molar-refractivity contribution < 1.29 is 13.6 Å². The number of hydrogen-bond acceptors (Lipinski definition) is 6. The van der Waals surface area contributed by atoms with E-state index in [4.69, 9.17) is 0 Å². The molecule has 0 saturated heterocycles. The van der Waals surface area contributed by atoms with Gasteiger partial charge in [-0.3, -0.25) is 14.2 Å². The minimum Gasteiger partial charge on any atom is -0.326 e. The molecule has 0 unspecified atom stereocenters. The van der Waals surface area contributed by atoms with Gasteiger partial charge in [0, 0.05) is 22.7 Å². The van der Waals surface area contributed by atoms with Crippen LogP contribution in [0.3, 0.4) is 0 Å². The van der Waals surface area contributed by atoms with Gasteiger partial charge in [-0.25, -0.2) is 18.7 Å². The third-order valence-corrected chi connectivity index (χ3v) is 7.07. The van der Waals surface area contributed by atoms with Crippen molar-refractivity contribution in [2.24, 2.45) is 0 Å². The van der Waals surface area contributed by atoms with Crippen LogP contribution in [0.15, 0.2) is 75.3 Å². The number of nitrogens with zero attached hydrogens (tertiary/aromatic N) is 3. The highest BCUT2D eigenvalue weighted by atomic mass is 32.2. The Bertz CT molecular complexity index is 1680. The summed E-state index contributed by atoms with van der Waals surface area (Å²) in [6.07, 6.45) is 2.02. The van der Waals surface area contributed by atoms with Crippen LogP contribution in [0, 0.1) is 18.6 Å². The second kappa shape index (κ2) is 10.2. The molecule has 0 radical (unpaired) electrons. The van der Waals surface area contributed by atoms with Crippen molar-refractivity contribution in [3.63, 3.8) is 0 Å². The fraction of sp³-hybridized carbons (Fsp3) is 0.111. The van der Waals surface area contributed by atoms with Crippen molar-refractivity contribution in [2.45, 2.75) is 18.5 Å². The molecule has 0 aliphatic heterocycles. The molecule has 0 fully saturated rings. The Morgan fingerprint density at radius 2 is 1.86 bits per heavy atom.